The lowest BCUT2D eigenvalue weighted by molar-refractivity contribution is -0.112. The van der Waals surface area contributed by atoms with Crippen LogP contribution in [0.2, 0.25) is 0 Å². The van der Waals surface area contributed by atoms with Gasteiger partial charge in [-0.05, 0) is 89.1 Å². The molecule has 0 heterocycles. The van der Waals surface area contributed by atoms with E-state index in [0.717, 1.165) is 0 Å². The number of esters is 1. The lowest BCUT2D eigenvalue weighted by Crippen LogP contribution is -2.14. The molecule has 3 rings (SSSR count). The molecule has 0 aromatic heterocycles. The maximum absolute atomic E-state index is 12.7. The molecule has 0 saturated carbocycles. The molecule has 0 saturated heterocycles. The molecular weight excluding hydrogens is 544 g/mol. The van der Waals surface area contributed by atoms with Gasteiger partial charge in [-0.15, -0.1) is 0 Å². The summed E-state index contributed by atoms with van der Waals surface area (Å²) in [6.07, 6.45) is 1.33. The minimum atomic E-state index is -1.15. The Bertz CT molecular complexity index is 1410. The van der Waals surface area contributed by atoms with Crippen molar-refractivity contribution in [3.8, 4) is 23.3 Å². The van der Waals surface area contributed by atoms with Crippen molar-refractivity contribution < 1.29 is 33.7 Å². The number of rotatable bonds is 9. The van der Waals surface area contributed by atoms with Crippen molar-refractivity contribution in [2.75, 3.05) is 19.0 Å². The summed E-state index contributed by atoms with van der Waals surface area (Å²) >= 11 is 3.37. The molecule has 9 nitrogen and oxygen atoms in total. The maximum Gasteiger partial charge on any atom is 0.343 e. The van der Waals surface area contributed by atoms with Gasteiger partial charge in [0.1, 0.15) is 17.4 Å². The van der Waals surface area contributed by atoms with Crippen LogP contribution in [0.15, 0.2) is 70.7 Å². The van der Waals surface area contributed by atoms with Crippen LogP contribution in [0.3, 0.4) is 0 Å². The van der Waals surface area contributed by atoms with Crippen LogP contribution in [-0.4, -0.2) is 36.7 Å². The van der Waals surface area contributed by atoms with E-state index in [0.29, 0.717) is 21.3 Å². The first-order valence-electron chi connectivity index (χ1n) is 10.8. The second kappa shape index (κ2) is 12.4. The minimum absolute atomic E-state index is 0.00894. The standard InChI is InChI=1S/C27H21BrN2O7/c1-3-36-23-13-16(11-19(15-29)25(31)30-20-6-4-5-18(14-20)26(32)33)12-22(28)24(23)37-27(34)17-7-9-21(35-2)10-8-17/h4-14H,3H2,1-2H3,(H,30,31)(H,32,33). The molecule has 1 amide bonds. The summed E-state index contributed by atoms with van der Waals surface area (Å²) < 4.78 is 16.7. The van der Waals surface area contributed by atoms with E-state index in [9.17, 15) is 19.6 Å². The van der Waals surface area contributed by atoms with Crippen LogP contribution in [0.4, 0.5) is 5.69 Å². The average molecular weight is 565 g/mol. The first-order chi connectivity index (χ1) is 17.7. The number of carbonyl (C=O) groups excluding carboxylic acids is 2. The van der Waals surface area contributed by atoms with Crippen molar-refractivity contribution in [3.05, 3.63) is 87.4 Å². The first kappa shape index (κ1) is 27.0. The van der Waals surface area contributed by atoms with E-state index >= 15 is 0 Å². The van der Waals surface area contributed by atoms with Crippen molar-refractivity contribution >= 4 is 45.5 Å². The second-order valence-electron chi connectivity index (χ2n) is 7.39. The molecule has 0 fully saturated rings. The fraction of sp³-hybridized carbons (Fsp3) is 0.111. The molecule has 0 bridgehead atoms. The lowest BCUT2D eigenvalue weighted by atomic mass is 10.1. The van der Waals surface area contributed by atoms with Gasteiger partial charge in [0.05, 0.1) is 29.3 Å². The highest BCUT2D eigenvalue weighted by atomic mass is 79.9. The third kappa shape index (κ3) is 6.96. The molecule has 10 heteroatoms. The third-order valence-corrected chi connectivity index (χ3v) is 5.48. The molecule has 188 valence electrons. The third-order valence-electron chi connectivity index (χ3n) is 4.90. The van der Waals surface area contributed by atoms with Gasteiger partial charge in [-0.2, -0.15) is 5.26 Å². The van der Waals surface area contributed by atoms with Crippen molar-refractivity contribution in [3.63, 3.8) is 0 Å². The Morgan fingerprint density at radius 1 is 1.08 bits per heavy atom. The number of halogens is 1. The summed E-state index contributed by atoms with van der Waals surface area (Å²) in [7, 11) is 1.52. The summed E-state index contributed by atoms with van der Waals surface area (Å²) in [4.78, 5) is 36.5. The predicted molar refractivity (Wildman–Crippen MR) is 139 cm³/mol. The maximum atomic E-state index is 12.7. The number of carboxylic acid groups (broad SMARTS) is 1. The number of methoxy groups -OCH3 is 1. The SMILES string of the molecule is CCOc1cc(C=C(C#N)C(=O)Nc2cccc(C(=O)O)c2)cc(Br)c1OC(=O)c1ccc(OC)cc1. The van der Waals surface area contributed by atoms with E-state index in [1.165, 1.54) is 43.5 Å². The quantitative estimate of drug-likeness (QED) is 0.154. The number of nitrogens with zero attached hydrogens (tertiary/aromatic N) is 1. The van der Waals surface area contributed by atoms with Gasteiger partial charge in [0.2, 0.25) is 0 Å². The fourth-order valence-corrected chi connectivity index (χ4v) is 3.70. The molecule has 2 N–H and O–H groups in total. The number of hydrogen-bond donors (Lipinski definition) is 2. The molecule has 0 aliphatic rings. The summed E-state index contributed by atoms with van der Waals surface area (Å²) in [5.74, 6) is -1.54. The summed E-state index contributed by atoms with van der Waals surface area (Å²) in [5.41, 5.74) is 0.700. The molecule has 0 aliphatic heterocycles. The largest absolute Gasteiger partial charge is 0.497 e. The zero-order valence-corrected chi connectivity index (χ0v) is 21.4. The van der Waals surface area contributed by atoms with E-state index in [-0.39, 0.29) is 34.9 Å². The van der Waals surface area contributed by atoms with E-state index < -0.39 is 17.8 Å². The van der Waals surface area contributed by atoms with Gasteiger partial charge in [-0.1, -0.05) is 6.07 Å². The highest BCUT2D eigenvalue weighted by Gasteiger charge is 2.18. The fourth-order valence-electron chi connectivity index (χ4n) is 3.16. The number of aromatic carboxylic acids is 1. The minimum Gasteiger partial charge on any atom is -0.497 e. The lowest BCUT2D eigenvalue weighted by Gasteiger charge is -2.14. The number of ether oxygens (including phenoxy) is 3. The Balaban J connectivity index is 1.87. The number of anilines is 1. The van der Waals surface area contributed by atoms with E-state index in [4.69, 9.17) is 19.3 Å². The summed E-state index contributed by atoms with van der Waals surface area (Å²) in [5, 5.41) is 21.2. The average Bonchev–Trinajstić information content (AvgIpc) is 2.89. The molecule has 0 radical (unpaired) electrons. The van der Waals surface area contributed by atoms with Crippen LogP contribution < -0.4 is 19.5 Å². The number of nitrogens with one attached hydrogen (secondary N) is 1. The molecule has 3 aromatic carbocycles. The normalized spacial score (nSPS) is 10.7. The van der Waals surface area contributed by atoms with Crippen LogP contribution in [0.1, 0.15) is 33.2 Å². The topological polar surface area (TPSA) is 135 Å². The van der Waals surface area contributed by atoms with Crippen LogP contribution in [0.25, 0.3) is 6.08 Å². The van der Waals surface area contributed by atoms with Gasteiger partial charge in [0.25, 0.3) is 5.91 Å². The number of carboxylic acids is 1. The Kier molecular flexibility index (Phi) is 9.02. The highest BCUT2D eigenvalue weighted by molar-refractivity contribution is 9.10. The molecule has 3 aromatic rings. The van der Waals surface area contributed by atoms with Crippen LogP contribution >= 0.6 is 15.9 Å². The highest BCUT2D eigenvalue weighted by Crippen LogP contribution is 2.38. The predicted octanol–water partition coefficient (Wildman–Crippen LogP) is 5.32. The van der Waals surface area contributed by atoms with E-state index in [1.54, 1.807) is 37.3 Å². The van der Waals surface area contributed by atoms with E-state index in [1.807, 2.05) is 6.07 Å². The van der Waals surface area contributed by atoms with Crippen molar-refractivity contribution in [1.29, 1.82) is 5.26 Å². The molecular formula is C27H21BrN2O7. The number of hydrogen-bond acceptors (Lipinski definition) is 7. The van der Waals surface area contributed by atoms with Crippen molar-refractivity contribution in [2.24, 2.45) is 0 Å². The second-order valence-corrected chi connectivity index (χ2v) is 8.25. The Labute approximate surface area is 221 Å². The monoisotopic (exact) mass is 564 g/mol. The summed E-state index contributed by atoms with van der Waals surface area (Å²) in [6.45, 7) is 2.02. The molecule has 0 spiro atoms. The molecule has 37 heavy (non-hydrogen) atoms. The first-order valence-corrected chi connectivity index (χ1v) is 11.6. The van der Waals surface area contributed by atoms with Gasteiger partial charge in [0.15, 0.2) is 11.5 Å². The molecule has 0 aliphatic carbocycles. The van der Waals surface area contributed by atoms with Gasteiger partial charge >= 0.3 is 11.9 Å². The smallest absolute Gasteiger partial charge is 0.343 e. The zero-order valence-electron chi connectivity index (χ0n) is 19.8. The van der Waals surface area contributed by atoms with Crippen LogP contribution in [0, 0.1) is 11.3 Å². The van der Waals surface area contributed by atoms with Gasteiger partial charge in [-0.25, -0.2) is 9.59 Å². The molecule has 0 unspecified atom stereocenters. The number of nitriles is 1. The summed E-state index contributed by atoms with van der Waals surface area (Å²) in [6, 6.07) is 17.0. The van der Waals surface area contributed by atoms with Gasteiger partial charge in [0, 0.05) is 5.69 Å². The van der Waals surface area contributed by atoms with E-state index in [2.05, 4.69) is 21.2 Å². The number of carbonyl (C=O) groups is 3. The van der Waals surface area contributed by atoms with Crippen molar-refractivity contribution in [1.82, 2.24) is 0 Å². The Hall–Kier alpha value is -4.62. The molecule has 0 atom stereocenters. The zero-order chi connectivity index (χ0) is 26.9. The van der Waals surface area contributed by atoms with Crippen molar-refractivity contribution in [2.45, 2.75) is 6.92 Å². The van der Waals surface area contributed by atoms with Crippen LogP contribution in [0.5, 0.6) is 17.2 Å². The number of benzene rings is 3. The number of amides is 1. The van der Waals surface area contributed by atoms with Gasteiger partial charge in [-0.3, -0.25) is 4.79 Å². The Morgan fingerprint density at radius 2 is 1.81 bits per heavy atom. The van der Waals surface area contributed by atoms with Gasteiger partial charge < -0.3 is 24.6 Å². The Morgan fingerprint density at radius 3 is 2.43 bits per heavy atom. The van der Waals surface area contributed by atoms with Crippen LogP contribution in [-0.2, 0) is 4.79 Å².